The van der Waals surface area contributed by atoms with Crippen molar-refractivity contribution in [2.75, 3.05) is 18.5 Å². The van der Waals surface area contributed by atoms with Gasteiger partial charge in [-0.15, -0.1) is 0 Å². The van der Waals surface area contributed by atoms with Gasteiger partial charge < -0.3 is 14.2 Å². The second kappa shape index (κ2) is 5.93. The highest BCUT2D eigenvalue weighted by Gasteiger charge is 2.23. The number of carbonyl (C=O) groups excluding carboxylic acids is 1. The van der Waals surface area contributed by atoms with Crippen LogP contribution in [0.2, 0.25) is 0 Å². The molecule has 0 radical (unpaired) electrons. The lowest BCUT2D eigenvalue weighted by molar-refractivity contribution is 0.0636. The zero-order valence-corrected chi connectivity index (χ0v) is 13.3. The molecule has 0 spiro atoms. The number of ether oxygens (including phenoxy) is 3. The zero-order valence-electron chi connectivity index (χ0n) is 13.3. The normalized spacial score (nSPS) is 17.3. The molecule has 1 unspecified atom stereocenters. The topological polar surface area (TPSA) is 60.1 Å². The Kier molecular flexibility index (Phi) is 4.42. The number of carbonyl (C=O) groups is 1. The van der Waals surface area contributed by atoms with Gasteiger partial charge in [0.05, 0.1) is 6.61 Å². The molecule has 116 valence electrons. The number of hydrogen-bond donors (Lipinski definition) is 1. The van der Waals surface area contributed by atoms with Crippen molar-refractivity contribution >= 4 is 11.8 Å². The molecule has 1 heterocycles. The van der Waals surface area contributed by atoms with Gasteiger partial charge in [0.15, 0.2) is 0 Å². The van der Waals surface area contributed by atoms with Crippen LogP contribution in [0.15, 0.2) is 12.1 Å². The maximum atomic E-state index is 11.8. The van der Waals surface area contributed by atoms with E-state index in [0.29, 0.717) is 6.61 Å². The van der Waals surface area contributed by atoms with Crippen LogP contribution < -0.4 is 10.1 Å². The molecule has 1 aromatic rings. The fraction of sp³-hybridized carbons (Fsp3) is 0.562. The molecule has 21 heavy (non-hydrogen) atoms. The molecule has 0 aromatic heterocycles. The first-order chi connectivity index (χ1) is 9.76. The molecule has 1 aromatic carbocycles. The first-order valence-corrected chi connectivity index (χ1v) is 7.11. The van der Waals surface area contributed by atoms with Crippen molar-refractivity contribution < 1.29 is 19.0 Å². The number of amides is 1. The van der Waals surface area contributed by atoms with Crippen molar-refractivity contribution in [3.05, 3.63) is 23.3 Å². The molecule has 1 N–H and O–H groups in total. The minimum absolute atomic E-state index is 0.226. The molecule has 5 nitrogen and oxygen atoms in total. The lowest BCUT2D eigenvalue weighted by Crippen LogP contribution is -2.27. The smallest absolute Gasteiger partial charge is 0.412 e. The van der Waals surface area contributed by atoms with Crippen LogP contribution in [-0.4, -0.2) is 31.0 Å². The van der Waals surface area contributed by atoms with E-state index in [-0.39, 0.29) is 6.10 Å². The monoisotopic (exact) mass is 293 g/mol. The van der Waals surface area contributed by atoms with Crippen LogP contribution in [0, 0.1) is 13.8 Å². The molecule has 1 aliphatic heterocycles. The van der Waals surface area contributed by atoms with Crippen LogP contribution in [0.1, 0.15) is 31.9 Å². The molecule has 0 aliphatic carbocycles. The van der Waals surface area contributed by atoms with Gasteiger partial charge in [0.25, 0.3) is 0 Å². The number of benzene rings is 1. The predicted octanol–water partition coefficient (Wildman–Crippen LogP) is 3.43. The summed E-state index contributed by atoms with van der Waals surface area (Å²) >= 11 is 0. The number of rotatable bonds is 4. The van der Waals surface area contributed by atoms with Crippen molar-refractivity contribution in [3.63, 3.8) is 0 Å². The Bertz CT molecular complexity index is 530. The Labute approximate surface area is 125 Å². The van der Waals surface area contributed by atoms with Gasteiger partial charge in [-0.25, -0.2) is 4.79 Å². The molecule has 5 heteroatoms. The average Bonchev–Trinajstić information content (AvgIpc) is 3.16. The SMILES string of the molecule is Cc1c(NC(=O)OC(C)(C)C)ccc(OCC2CO2)c1C. The number of epoxide rings is 1. The van der Waals surface area contributed by atoms with E-state index in [1.165, 1.54) is 0 Å². The van der Waals surface area contributed by atoms with Gasteiger partial charge in [0.1, 0.15) is 24.1 Å². The molecule has 2 rings (SSSR count). The van der Waals surface area contributed by atoms with E-state index < -0.39 is 11.7 Å². The van der Waals surface area contributed by atoms with Crippen molar-refractivity contribution in [3.8, 4) is 5.75 Å². The molecule has 1 amide bonds. The van der Waals surface area contributed by atoms with Gasteiger partial charge in [0, 0.05) is 5.69 Å². The third-order valence-corrected chi connectivity index (χ3v) is 3.20. The van der Waals surface area contributed by atoms with Crippen LogP contribution >= 0.6 is 0 Å². The van der Waals surface area contributed by atoms with Crippen LogP contribution in [0.25, 0.3) is 0 Å². The lowest BCUT2D eigenvalue weighted by Gasteiger charge is -2.21. The van der Waals surface area contributed by atoms with Gasteiger partial charge >= 0.3 is 6.09 Å². The van der Waals surface area contributed by atoms with E-state index in [9.17, 15) is 4.79 Å². The molecular weight excluding hydrogens is 270 g/mol. The molecule has 1 saturated heterocycles. The van der Waals surface area contributed by atoms with Crippen molar-refractivity contribution in [1.82, 2.24) is 0 Å². The maximum Gasteiger partial charge on any atom is 0.412 e. The highest BCUT2D eigenvalue weighted by molar-refractivity contribution is 5.86. The molecule has 0 bridgehead atoms. The Hall–Kier alpha value is -1.75. The molecule has 1 aliphatic rings. The number of nitrogens with one attached hydrogen (secondary N) is 1. The van der Waals surface area contributed by atoms with Crippen molar-refractivity contribution in [2.24, 2.45) is 0 Å². The summed E-state index contributed by atoms with van der Waals surface area (Å²) in [7, 11) is 0. The fourth-order valence-electron chi connectivity index (χ4n) is 1.85. The Morgan fingerprint density at radius 2 is 2.00 bits per heavy atom. The Balaban J connectivity index is 2.03. The second-order valence-corrected chi connectivity index (χ2v) is 6.25. The van der Waals surface area contributed by atoms with E-state index in [1.807, 2.05) is 46.8 Å². The van der Waals surface area contributed by atoms with E-state index in [0.717, 1.165) is 29.2 Å². The minimum Gasteiger partial charge on any atom is -0.491 e. The van der Waals surface area contributed by atoms with Gasteiger partial charge in [-0.1, -0.05) is 0 Å². The summed E-state index contributed by atoms with van der Waals surface area (Å²) in [5.41, 5.74) is 2.19. The van der Waals surface area contributed by atoms with Gasteiger partial charge in [0.2, 0.25) is 0 Å². The Morgan fingerprint density at radius 3 is 2.57 bits per heavy atom. The molecule has 1 atom stereocenters. The predicted molar refractivity (Wildman–Crippen MR) is 81.0 cm³/mol. The molecule has 1 fully saturated rings. The summed E-state index contributed by atoms with van der Waals surface area (Å²) in [5.74, 6) is 0.817. The average molecular weight is 293 g/mol. The summed E-state index contributed by atoms with van der Waals surface area (Å²) < 4.78 is 16.1. The standard InChI is InChI=1S/C16H23NO4/c1-10-11(2)14(20-9-12-8-19-12)7-6-13(10)17-15(18)21-16(3,4)5/h6-7,12H,8-9H2,1-5H3,(H,17,18). The fourth-order valence-corrected chi connectivity index (χ4v) is 1.85. The van der Waals surface area contributed by atoms with Crippen molar-refractivity contribution in [2.45, 2.75) is 46.3 Å². The Morgan fingerprint density at radius 1 is 1.33 bits per heavy atom. The third kappa shape index (κ3) is 4.63. The van der Waals surface area contributed by atoms with Crippen molar-refractivity contribution in [1.29, 1.82) is 0 Å². The van der Waals surface area contributed by atoms with Gasteiger partial charge in [-0.3, -0.25) is 5.32 Å². The van der Waals surface area contributed by atoms with Crippen LogP contribution in [0.3, 0.4) is 0 Å². The molecular formula is C16H23NO4. The molecule has 0 saturated carbocycles. The second-order valence-electron chi connectivity index (χ2n) is 6.25. The quantitative estimate of drug-likeness (QED) is 0.864. The summed E-state index contributed by atoms with van der Waals surface area (Å²) in [6.45, 7) is 10.8. The maximum absolute atomic E-state index is 11.8. The summed E-state index contributed by atoms with van der Waals surface area (Å²) in [4.78, 5) is 11.8. The van der Waals surface area contributed by atoms with Crippen LogP contribution in [0.5, 0.6) is 5.75 Å². The van der Waals surface area contributed by atoms with E-state index in [2.05, 4.69) is 5.32 Å². The summed E-state index contributed by atoms with van der Waals surface area (Å²) in [5, 5.41) is 2.77. The first-order valence-electron chi connectivity index (χ1n) is 7.11. The zero-order chi connectivity index (χ0) is 15.6. The first kappa shape index (κ1) is 15.6. The minimum atomic E-state index is -0.514. The highest BCUT2D eigenvalue weighted by atomic mass is 16.6. The largest absolute Gasteiger partial charge is 0.491 e. The number of anilines is 1. The van der Waals surface area contributed by atoms with Gasteiger partial charge in [-0.05, 0) is 57.9 Å². The highest BCUT2D eigenvalue weighted by Crippen LogP contribution is 2.28. The van der Waals surface area contributed by atoms with Crippen LogP contribution in [-0.2, 0) is 9.47 Å². The summed E-state index contributed by atoms with van der Waals surface area (Å²) in [6.07, 6.45) is -0.227. The third-order valence-electron chi connectivity index (χ3n) is 3.20. The van der Waals surface area contributed by atoms with Gasteiger partial charge in [-0.2, -0.15) is 0 Å². The van der Waals surface area contributed by atoms with E-state index in [1.54, 1.807) is 0 Å². The van der Waals surface area contributed by atoms with E-state index in [4.69, 9.17) is 14.2 Å². The van der Waals surface area contributed by atoms with E-state index >= 15 is 0 Å². The lowest BCUT2D eigenvalue weighted by atomic mass is 10.1. The summed E-state index contributed by atoms with van der Waals surface area (Å²) in [6, 6.07) is 3.69. The van der Waals surface area contributed by atoms with Crippen LogP contribution in [0.4, 0.5) is 10.5 Å². The number of hydrogen-bond acceptors (Lipinski definition) is 4.